The van der Waals surface area contributed by atoms with Crippen LogP contribution in [0.2, 0.25) is 0 Å². The van der Waals surface area contributed by atoms with Crippen LogP contribution in [0, 0.1) is 0 Å². The standard InChI is InChI=1S/C11H9N3O.C9H11NO3/c15-11-8-5-7-3-1-2-4-9(7)14-10(8)12-6-13-11;10-8(9(12)13)5-6-1-3-7(11)4-2-6/h1-4,6H,5H2,(H2,12,13,14,15);1-4,8,11H,5,10H2,(H,12,13). The molecule has 1 aliphatic heterocycles. The van der Waals surface area contributed by atoms with Crippen molar-refractivity contribution in [2.24, 2.45) is 5.73 Å². The Morgan fingerprint density at radius 3 is 2.61 bits per heavy atom. The van der Waals surface area contributed by atoms with Gasteiger partial charge in [-0.25, -0.2) is 4.98 Å². The van der Waals surface area contributed by atoms with Crippen LogP contribution in [0.25, 0.3) is 0 Å². The SMILES string of the molecule is NC(Cc1ccc(O)cc1)C(=O)O.O=c1[nH]cnc2c1Cc1ccccc1N2. The van der Waals surface area contributed by atoms with Gasteiger partial charge in [0.15, 0.2) is 0 Å². The molecule has 8 heteroatoms. The van der Waals surface area contributed by atoms with Gasteiger partial charge in [-0.2, -0.15) is 0 Å². The van der Waals surface area contributed by atoms with E-state index in [0.717, 1.165) is 16.8 Å². The van der Waals surface area contributed by atoms with Crippen LogP contribution in [-0.2, 0) is 17.6 Å². The lowest BCUT2D eigenvalue weighted by molar-refractivity contribution is -0.138. The average molecular weight is 380 g/mol. The Kier molecular flexibility index (Phi) is 5.71. The molecule has 1 atom stereocenters. The van der Waals surface area contributed by atoms with Crippen LogP contribution >= 0.6 is 0 Å². The first-order valence-electron chi connectivity index (χ1n) is 8.62. The van der Waals surface area contributed by atoms with E-state index in [-0.39, 0.29) is 17.7 Å². The number of phenols is 1. The minimum absolute atomic E-state index is 0.0676. The zero-order chi connectivity index (χ0) is 20.1. The van der Waals surface area contributed by atoms with Crippen molar-refractivity contribution in [1.82, 2.24) is 9.97 Å². The largest absolute Gasteiger partial charge is 0.508 e. The third-order valence-electron chi connectivity index (χ3n) is 4.30. The third kappa shape index (κ3) is 4.54. The monoisotopic (exact) mass is 380 g/mol. The number of para-hydroxylation sites is 1. The van der Waals surface area contributed by atoms with Gasteiger partial charge in [0.1, 0.15) is 17.6 Å². The minimum Gasteiger partial charge on any atom is -0.508 e. The third-order valence-corrected chi connectivity index (χ3v) is 4.30. The normalized spacial score (nSPS) is 12.5. The Morgan fingerprint density at radius 1 is 1.18 bits per heavy atom. The molecule has 0 aliphatic carbocycles. The number of hydrogen-bond acceptors (Lipinski definition) is 6. The Labute approximate surface area is 160 Å². The Morgan fingerprint density at radius 2 is 1.89 bits per heavy atom. The van der Waals surface area contributed by atoms with Crippen molar-refractivity contribution in [2.75, 3.05) is 5.32 Å². The molecule has 28 heavy (non-hydrogen) atoms. The molecule has 1 aliphatic rings. The van der Waals surface area contributed by atoms with Crippen molar-refractivity contribution in [3.63, 3.8) is 0 Å². The summed E-state index contributed by atoms with van der Waals surface area (Å²) < 4.78 is 0. The van der Waals surface area contributed by atoms with E-state index in [9.17, 15) is 9.59 Å². The second kappa shape index (κ2) is 8.36. The van der Waals surface area contributed by atoms with Crippen molar-refractivity contribution < 1.29 is 15.0 Å². The van der Waals surface area contributed by atoms with Gasteiger partial charge in [-0.3, -0.25) is 9.59 Å². The fourth-order valence-corrected chi connectivity index (χ4v) is 2.79. The molecule has 0 saturated heterocycles. The molecule has 1 aromatic heterocycles. The maximum atomic E-state index is 11.5. The summed E-state index contributed by atoms with van der Waals surface area (Å²) in [7, 11) is 0. The van der Waals surface area contributed by atoms with Crippen molar-refractivity contribution in [2.45, 2.75) is 18.9 Å². The van der Waals surface area contributed by atoms with Crippen molar-refractivity contribution in [3.8, 4) is 5.75 Å². The van der Waals surface area contributed by atoms with E-state index in [1.165, 1.54) is 18.5 Å². The number of carboxylic acids is 1. The number of hydrogen-bond donors (Lipinski definition) is 5. The first-order valence-corrected chi connectivity index (χ1v) is 8.62. The van der Waals surface area contributed by atoms with Crippen molar-refractivity contribution in [1.29, 1.82) is 0 Å². The number of carbonyl (C=O) groups is 1. The number of carboxylic acid groups (broad SMARTS) is 1. The quantitative estimate of drug-likeness (QED) is 0.365. The average Bonchev–Trinajstić information content (AvgIpc) is 2.69. The summed E-state index contributed by atoms with van der Waals surface area (Å²) in [6, 6.07) is 13.4. The Hall–Kier alpha value is -3.65. The molecule has 3 aromatic rings. The zero-order valence-corrected chi connectivity index (χ0v) is 14.9. The molecule has 2 heterocycles. The van der Waals surface area contributed by atoms with Gasteiger partial charge in [0.25, 0.3) is 5.56 Å². The van der Waals surface area contributed by atoms with Gasteiger partial charge in [-0.1, -0.05) is 30.3 Å². The molecule has 4 rings (SSSR count). The predicted octanol–water partition coefficient (Wildman–Crippen LogP) is 1.76. The van der Waals surface area contributed by atoms with Crippen LogP contribution < -0.4 is 16.6 Å². The second-order valence-electron chi connectivity index (χ2n) is 6.33. The van der Waals surface area contributed by atoms with E-state index in [2.05, 4.69) is 15.3 Å². The molecule has 144 valence electrons. The lowest BCUT2D eigenvalue weighted by Gasteiger charge is -2.18. The molecular formula is C20H20N4O4. The summed E-state index contributed by atoms with van der Waals surface area (Å²) in [5, 5.41) is 20.6. The van der Waals surface area contributed by atoms with Crippen LogP contribution in [0.15, 0.2) is 59.7 Å². The number of aromatic nitrogens is 2. The van der Waals surface area contributed by atoms with Gasteiger partial charge in [0, 0.05) is 12.1 Å². The van der Waals surface area contributed by atoms with Crippen LogP contribution in [-0.4, -0.2) is 32.2 Å². The highest BCUT2D eigenvalue weighted by Crippen LogP contribution is 2.28. The van der Waals surface area contributed by atoms with Gasteiger partial charge >= 0.3 is 5.97 Å². The molecule has 1 unspecified atom stereocenters. The van der Waals surface area contributed by atoms with E-state index in [1.807, 2.05) is 24.3 Å². The number of nitrogens with zero attached hydrogens (tertiary/aromatic N) is 1. The fraction of sp³-hybridized carbons (Fsp3) is 0.150. The summed E-state index contributed by atoms with van der Waals surface area (Å²) in [5.74, 6) is -0.196. The maximum Gasteiger partial charge on any atom is 0.320 e. The van der Waals surface area contributed by atoms with E-state index in [1.54, 1.807) is 12.1 Å². The Bertz CT molecular complexity index is 1030. The molecule has 0 amide bonds. The number of H-pyrrole nitrogens is 1. The van der Waals surface area contributed by atoms with Crippen LogP contribution in [0.4, 0.5) is 11.5 Å². The second-order valence-corrected chi connectivity index (χ2v) is 6.33. The van der Waals surface area contributed by atoms with E-state index in [4.69, 9.17) is 15.9 Å². The van der Waals surface area contributed by atoms with E-state index >= 15 is 0 Å². The van der Waals surface area contributed by atoms with E-state index in [0.29, 0.717) is 17.8 Å². The topological polar surface area (TPSA) is 141 Å². The molecule has 0 radical (unpaired) electrons. The van der Waals surface area contributed by atoms with Gasteiger partial charge in [-0.15, -0.1) is 0 Å². The number of nitrogens with one attached hydrogen (secondary N) is 2. The smallest absolute Gasteiger partial charge is 0.320 e. The predicted molar refractivity (Wildman–Crippen MR) is 105 cm³/mol. The number of aliphatic carboxylic acids is 1. The summed E-state index contributed by atoms with van der Waals surface area (Å²) in [6.45, 7) is 0. The summed E-state index contributed by atoms with van der Waals surface area (Å²) in [5.41, 5.74) is 8.92. The highest BCUT2D eigenvalue weighted by atomic mass is 16.4. The number of aromatic hydroxyl groups is 1. The fourth-order valence-electron chi connectivity index (χ4n) is 2.79. The Balaban J connectivity index is 0.000000163. The summed E-state index contributed by atoms with van der Waals surface area (Å²) in [4.78, 5) is 28.6. The van der Waals surface area contributed by atoms with Gasteiger partial charge in [-0.05, 0) is 35.7 Å². The minimum atomic E-state index is -1.02. The first-order chi connectivity index (χ1) is 13.4. The number of fused-ring (bicyclic) bond motifs is 2. The molecule has 0 saturated carbocycles. The van der Waals surface area contributed by atoms with Crippen LogP contribution in [0.5, 0.6) is 5.75 Å². The highest BCUT2D eigenvalue weighted by Gasteiger charge is 2.17. The molecular weight excluding hydrogens is 360 g/mol. The number of aromatic amines is 1. The van der Waals surface area contributed by atoms with Gasteiger partial charge in [0.05, 0.1) is 11.9 Å². The van der Waals surface area contributed by atoms with Crippen molar-refractivity contribution in [3.05, 3.63) is 81.9 Å². The molecule has 6 N–H and O–H groups in total. The van der Waals surface area contributed by atoms with Gasteiger partial charge < -0.3 is 26.2 Å². The molecule has 0 bridgehead atoms. The van der Waals surface area contributed by atoms with Crippen molar-refractivity contribution >= 4 is 17.5 Å². The van der Waals surface area contributed by atoms with Crippen LogP contribution in [0.1, 0.15) is 16.7 Å². The molecule has 0 spiro atoms. The first kappa shape index (κ1) is 19.1. The van der Waals surface area contributed by atoms with Gasteiger partial charge in [0.2, 0.25) is 0 Å². The summed E-state index contributed by atoms with van der Waals surface area (Å²) >= 11 is 0. The van der Waals surface area contributed by atoms with E-state index < -0.39 is 12.0 Å². The lowest BCUT2D eigenvalue weighted by atomic mass is 10.0. The summed E-state index contributed by atoms with van der Waals surface area (Å²) in [6.07, 6.45) is 2.33. The zero-order valence-electron chi connectivity index (χ0n) is 14.9. The lowest BCUT2D eigenvalue weighted by Crippen LogP contribution is -2.32. The molecule has 0 fully saturated rings. The number of rotatable bonds is 3. The molecule has 2 aromatic carbocycles. The number of nitrogens with two attached hydrogens (primary N) is 1. The highest BCUT2D eigenvalue weighted by molar-refractivity contribution is 5.73. The maximum absolute atomic E-state index is 11.5. The number of benzene rings is 2. The molecule has 8 nitrogen and oxygen atoms in total. The van der Waals surface area contributed by atoms with Crippen LogP contribution in [0.3, 0.4) is 0 Å². The number of phenolic OH excluding ortho intramolecular Hbond substituents is 1. The number of anilines is 2.